The second kappa shape index (κ2) is 7.31. The van der Waals surface area contributed by atoms with Crippen molar-refractivity contribution in [1.29, 1.82) is 0 Å². The molecule has 0 bridgehead atoms. The van der Waals surface area contributed by atoms with Crippen LogP contribution in [0, 0.1) is 0 Å². The highest BCUT2D eigenvalue weighted by Gasteiger charge is 2.14. The molecular weight excluding hydrogens is 408 g/mol. The molecule has 1 aromatic carbocycles. The number of rotatable bonds is 5. The van der Waals surface area contributed by atoms with Gasteiger partial charge in [-0.25, -0.2) is 15.0 Å². The van der Waals surface area contributed by atoms with Crippen molar-refractivity contribution in [3.8, 4) is 11.4 Å². The van der Waals surface area contributed by atoms with Crippen molar-refractivity contribution in [3.63, 3.8) is 0 Å². The zero-order valence-electron chi connectivity index (χ0n) is 15.1. The normalized spacial score (nSPS) is 11.3. The summed E-state index contributed by atoms with van der Waals surface area (Å²) in [6.07, 6.45) is 4.36. The molecule has 0 unspecified atom stereocenters. The van der Waals surface area contributed by atoms with Gasteiger partial charge in [0, 0.05) is 34.9 Å². The van der Waals surface area contributed by atoms with E-state index in [0.29, 0.717) is 34.3 Å². The Morgan fingerprint density at radius 2 is 2.10 bits per heavy atom. The lowest BCUT2D eigenvalue weighted by atomic mass is 10.1. The first-order chi connectivity index (χ1) is 14.2. The van der Waals surface area contributed by atoms with Gasteiger partial charge in [-0.05, 0) is 42.3 Å². The van der Waals surface area contributed by atoms with Crippen LogP contribution in [0.2, 0.25) is 5.02 Å². The number of aromatic nitrogens is 5. The van der Waals surface area contributed by atoms with Crippen LogP contribution < -0.4 is 10.9 Å². The highest BCUT2D eigenvalue weighted by molar-refractivity contribution is 7.16. The second-order valence-electron chi connectivity index (χ2n) is 6.50. The van der Waals surface area contributed by atoms with Crippen LogP contribution in [0.25, 0.3) is 32.6 Å². The molecule has 0 amide bonds. The van der Waals surface area contributed by atoms with Crippen LogP contribution >= 0.6 is 22.9 Å². The molecule has 0 saturated heterocycles. The van der Waals surface area contributed by atoms with Gasteiger partial charge >= 0.3 is 0 Å². The van der Waals surface area contributed by atoms with Crippen LogP contribution in [-0.4, -0.2) is 31.5 Å². The number of nitrogens with one attached hydrogen (secondary N) is 3. The number of pyridine rings is 1. The van der Waals surface area contributed by atoms with E-state index in [1.807, 2.05) is 24.4 Å². The van der Waals surface area contributed by atoms with Gasteiger partial charge in [0.15, 0.2) is 11.6 Å². The van der Waals surface area contributed by atoms with E-state index in [1.165, 1.54) is 16.9 Å². The molecule has 3 N–H and O–H groups in total. The summed E-state index contributed by atoms with van der Waals surface area (Å²) in [5.41, 5.74) is 4.85. The number of halogens is 1. The maximum Gasteiger partial charge on any atom is 0.259 e. The first-order valence-electron chi connectivity index (χ1n) is 8.98. The monoisotopic (exact) mass is 422 g/mol. The summed E-state index contributed by atoms with van der Waals surface area (Å²) in [4.78, 5) is 32.3. The summed E-state index contributed by atoms with van der Waals surface area (Å²) in [7, 11) is 0. The second-order valence-corrected chi connectivity index (χ2v) is 7.77. The van der Waals surface area contributed by atoms with Crippen molar-refractivity contribution in [3.05, 3.63) is 69.2 Å². The van der Waals surface area contributed by atoms with E-state index in [-0.39, 0.29) is 5.56 Å². The lowest BCUT2D eigenvalue weighted by molar-refractivity contribution is 1.01. The fourth-order valence-corrected chi connectivity index (χ4v) is 4.11. The van der Waals surface area contributed by atoms with Crippen LogP contribution in [0.3, 0.4) is 0 Å². The largest absolute Gasteiger partial charge is 0.368 e. The summed E-state index contributed by atoms with van der Waals surface area (Å²) in [6, 6.07) is 9.27. The molecule has 0 atom stereocenters. The Bertz CT molecular complexity index is 1390. The SMILES string of the molecule is O=c1[nH]cccc1-c1nc(NCCc2c[nH]c3ccc(Cl)cc23)c2ncsc2n1. The van der Waals surface area contributed by atoms with Crippen LogP contribution in [-0.2, 0) is 6.42 Å². The van der Waals surface area contributed by atoms with Crippen LogP contribution in [0.4, 0.5) is 5.82 Å². The molecule has 7 nitrogen and oxygen atoms in total. The smallest absolute Gasteiger partial charge is 0.259 e. The fraction of sp³-hybridized carbons (Fsp3) is 0.100. The van der Waals surface area contributed by atoms with Crippen LogP contribution in [0.5, 0.6) is 0 Å². The molecule has 0 fully saturated rings. The van der Waals surface area contributed by atoms with Crippen LogP contribution in [0.1, 0.15) is 5.56 Å². The molecule has 0 spiro atoms. The minimum Gasteiger partial charge on any atom is -0.368 e. The van der Waals surface area contributed by atoms with E-state index >= 15 is 0 Å². The van der Waals surface area contributed by atoms with Gasteiger partial charge in [0.1, 0.15) is 10.3 Å². The average Bonchev–Trinajstić information content (AvgIpc) is 3.35. The molecule has 144 valence electrons. The molecule has 9 heteroatoms. The Morgan fingerprint density at radius 3 is 3.00 bits per heavy atom. The molecule has 0 aliphatic heterocycles. The van der Waals surface area contributed by atoms with Gasteiger partial charge in [-0.1, -0.05) is 11.6 Å². The number of hydrogen-bond donors (Lipinski definition) is 3. The van der Waals surface area contributed by atoms with E-state index < -0.39 is 0 Å². The number of anilines is 1. The Kier molecular flexibility index (Phi) is 4.49. The molecule has 29 heavy (non-hydrogen) atoms. The highest BCUT2D eigenvalue weighted by Crippen LogP contribution is 2.26. The van der Waals surface area contributed by atoms with Gasteiger partial charge in [-0.3, -0.25) is 4.79 Å². The zero-order valence-corrected chi connectivity index (χ0v) is 16.6. The lowest BCUT2D eigenvalue weighted by Gasteiger charge is -2.08. The number of benzene rings is 1. The third kappa shape index (κ3) is 3.37. The maximum absolute atomic E-state index is 12.1. The molecular formula is C20H15ClN6OS. The van der Waals surface area contributed by atoms with E-state index in [0.717, 1.165) is 22.2 Å². The summed E-state index contributed by atoms with van der Waals surface area (Å²) in [5, 5.41) is 5.18. The molecule has 4 heterocycles. The first kappa shape index (κ1) is 17.8. The fourth-order valence-electron chi connectivity index (χ4n) is 3.28. The van der Waals surface area contributed by atoms with Crippen molar-refractivity contribution in [1.82, 2.24) is 24.9 Å². The van der Waals surface area contributed by atoms with Gasteiger partial charge in [-0.15, -0.1) is 11.3 Å². The van der Waals surface area contributed by atoms with Gasteiger partial charge in [0.2, 0.25) is 0 Å². The van der Waals surface area contributed by atoms with Crippen molar-refractivity contribution in [2.24, 2.45) is 0 Å². The standard InChI is InChI=1S/C20H15ClN6OS/c21-12-3-4-15-14(8-12)11(9-24-15)5-7-22-18-16-20(29-10-25-16)27-17(26-18)13-2-1-6-23-19(13)28/h1-4,6,8-10,24H,5,7H2,(H,23,28)(H,22,26,27). The number of fused-ring (bicyclic) bond motifs is 2. The van der Waals surface area contributed by atoms with Crippen molar-refractivity contribution in [2.45, 2.75) is 6.42 Å². The van der Waals surface area contributed by atoms with Gasteiger partial charge in [0.05, 0.1) is 11.1 Å². The third-order valence-electron chi connectivity index (χ3n) is 4.67. The summed E-state index contributed by atoms with van der Waals surface area (Å²) in [6.45, 7) is 0.647. The quantitative estimate of drug-likeness (QED) is 0.393. The van der Waals surface area contributed by atoms with Crippen molar-refractivity contribution >= 4 is 50.0 Å². The maximum atomic E-state index is 12.1. The lowest BCUT2D eigenvalue weighted by Crippen LogP contribution is -2.11. The molecule has 0 aliphatic carbocycles. The van der Waals surface area contributed by atoms with Crippen molar-refractivity contribution in [2.75, 3.05) is 11.9 Å². The summed E-state index contributed by atoms with van der Waals surface area (Å²) >= 11 is 7.55. The number of nitrogens with zero attached hydrogens (tertiary/aromatic N) is 3. The van der Waals surface area contributed by atoms with E-state index in [9.17, 15) is 4.79 Å². The highest BCUT2D eigenvalue weighted by atomic mass is 35.5. The third-order valence-corrected chi connectivity index (χ3v) is 5.63. The molecule has 5 aromatic rings. The molecule has 0 saturated carbocycles. The predicted octanol–water partition coefficient (Wildman–Crippen LogP) is 4.23. The van der Waals surface area contributed by atoms with Gasteiger partial charge in [0.25, 0.3) is 5.56 Å². The molecule has 5 rings (SSSR count). The average molecular weight is 423 g/mol. The molecule has 4 aromatic heterocycles. The minimum atomic E-state index is -0.224. The Morgan fingerprint density at radius 1 is 1.17 bits per heavy atom. The minimum absolute atomic E-state index is 0.224. The topological polar surface area (TPSA) is 99.3 Å². The van der Waals surface area contributed by atoms with E-state index in [2.05, 4.69) is 30.2 Å². The number of hydrogen-bond acceptors (Lipinski definition) is 6. The van der Waals surface area contributed by atoms with Gasteiger partial charge in [-0.2, -0.15) is 0 Å². The Hall–Kier alpha value is -3.23. The summed E-state index contributed by atoms with van der Waals surface area (Å²) in [5.74, 6) is 0.998. The first-order valence-corrected chi connectivity index (χ1v) is 10.2. The predicted molar refractivity (Wildman–Crippen MR) is 117 cm³/mol. The van der Waals surface area contributed by atoms with E-state index in [1.54, 1.807) is 23.8 Å². The Balaban J connectivity index is 1.44. The summed E-state index contributed by atoms with van der Waals surface area (Å²) < 4.78 is 0. The zero-order chi connectivity index (χ0) is 19.8. The molecule has 0 radical (unpaired) electrons. The Labute approximate surface area is 173 Å². The van der Waals surface area contributed by atoms with Gasteiger partial charge < -0.3 is 15.3 Å². The number of H-pyrrole nitrogens is 2. The number of thiazole rings is 1. The van der Waals surface area contributed by atoms with E-state index in [4.69, 9.17) is 11.6 Å². The molecule has 0 aliphatic rings. The van der Waals surface area contributed by atoms with Crippen molar-refractivity contribution < 1.29 is 0 Å². The number of aromatic amines is 2. The van der Waals surface area contributed by atoms with Crippen LogP contribution in [0.15, 0.2) is 53.0 Å².